The molecule has 1 amide bonds. The second kappa shape index (κ2) is 10.3. The minimum atomic E-state index is -3.96. The van der Waals surface area contributed by atoms with Crippen LogP contribution in [0.1, 0.15) is 16.7 Å². The van der Waals surface area contributed by atoms with E-state index in [0.717, 1.165) is 26.7 Å². The maximum atomic E-state index is 13.4. The van der Waals surface area contributed by atoms with E-state index in [2.05, 4.69) is 10.5 Å². The number of nitrogens with one attached hydrogen (secondary N) is 1. The lowest BCUT2D eigenvalue weighted by atomic mass is 10.2. The molecule has 0 atom stereocenters. The van der Waals surface area contributed by atoms with Crippen molar-refractivity contribution in [3.05, 3.63) is 89.5 Å². The van der Waals surface area contributed by atoms with Crippen molar-refractivity contribution in [1.29, 1.82) is 0 Å². The molecule has 0 aliphatic heterocycles. The van der Waals surface area contributed by atoms with Gasteiger partial charge in [-0.05, 0) is 55.3 Å². The quantitative estimate of drug-likeness (QED) is 0.407. The minimum Gasteiger partial charge on any atom is -0.378 e. The summed E-state index contributed by atoms with van der Waals surface area (Å²) in [7, 11) is -0.0575. The van der Waals surface area contributed by atoms with Gasteiger partial charge in [-0.25, -0.2) is 13.8 Å². The summed E-state index contributed by atoms with van der Waals surface area (Å²) >= 11 is 0. The fraction of sp³-hybridized carbons (Fsp3) is 0.200. The number of nitrogens with zero attached hydrogens (tertiary/aromatic N) is 3. The minimum absolute atomic E-state index is 0.119. The van der Waals surface area contributed by atoms with Crippen LogP contribution in [-0.4, -0.2) is 41.2 Å². The number of hydrazone groups is 1. The van der Waals surface area contributed by atoms with Crippen LogP contribution in [-0.2, 0) is 14.8 Å². The molecule has 7 nitrogen and oxygen atoms in total. The van der Waals surface area contributed by atoms with Crippen molar-refractivity contribution in [3.8, 4) is 0 Å². The number of para-hydroxylation sites is 1. The Balaban J connectivity index is 1.81. The number of carbonyl (C=O) groups excluding carboxylic acids is 1. The summed E-state index contributed by atoms with van der Waals surface area (Å²) in [5.74, 6) is -0.546. The van der Waals surface area contributed by atoms with Gasteiger partial charge >= 0.3 is 0 Å². The Kier molecular flexibility index (Phi) is 7.50. The number of hydrogen-bond donors (Lipinski definition) is 1. The lowest BCUT2D eigenvalue weighted by molar-refractivity contribution is -0.119. The molecule has 0 heterocycles. The summed E-state index contributed by atoms with van der Waals surface area (Å²) in [6.07, 6.45) is 1.52. The van der Waals surface area contributed by atoms with Crippen molar-refractivity contribution in [3.63, 3.8) is 0 Å². The van der Waals surface area contributed by atoms with Gasteiger partial charge in [0.15, 0.2) is 0 Å². The Labute approximate surface area is 195 Å². The van der Waals surface area contributed by atoms with E-state index in [-0.39, 0.29) is 4.90 Å². The molecule has 33 heavy (non-hydrogen) atoms. The largest absolute Gasteiger partial charge is 0.378 e. The molecule has 0 radical (unpaired) electrons. The number of anilines is 2. The lowest BCUT2D eigenvalue weighted by Gasteiger charge is -2.25. The van der Waals surface area contributed by atoms with E-state index in [9.17, 15) is 13.2 Å². The van der Waals surface area contributed by atoms with E-state index in [4.69, 9.17) is 0 Å². The van der Waals surface area contributed by atoms with Gasteiger partial charge in [0.2, 0.25) is 0 Å². The van der Waals surface area contributed by atoms with Crippen LogP contribution < -0.4 is 14.6 Å². The van der Waals surface area contributed by atoms with Gasteiger partial charge < -0.3 is 4.90 Å². The van der Waals surface area contributed by atoms with Crippen molar-refractivity contribution in [2.24, 2.45) is 5.10 Å². The third-order valence-corrected chi connectivity index (χ3v) is 6.87. The number of aryl methyl sites for hydroxylation is 2. The summed E-state index contributed by atoms with van der Waals surface area (Å²) < 4.78 is 27.9. The number of carbonyl (C=O) groups is 1. The van der Waals surface area contributed by atoms with Crippen LogP contribution in [0.3, 0.4) is 0 Å². The van der Waals surface area contributed by atoms with Crippen LogP contribution in [0.15, 0.2) is 82.8 Å². The van der Waals surface area contributed by atoms with Crippen LogP contribution in [0.4, 0.5) is 11.4 Å². The standard InChI is InChI=1S/C25H28N4O3S/c1-19-9-15-23(16-10-19)33(31,32)29(24-8-6-5-7-20(24)2)18-25(30)27-26-17-21-11-13-22(14-12-21)28(3)4/h5-17H,18H2,1-4H3,(H,27,30)/b26-17-. The number of amides is 1. The molecule has 0 fully saturated rings. The first-order valence-electron chi connectivity index (χ1n) is 10.4. The Morgan fingerprint density at radius 3 is 2.18 bits per heavy atom. The van der Waals surface area contributed by atoms with E-state index in [1.54, 1.807) is 49.4 Å². The number of sulfonamides is 1. The molecule has 0 aliphatic rings. The SMILES string of the molecule is Cc1ccc(S(=O)(=O)N(CC(=O)N/N=C\c2ccc(N(C)C)cc2)c2ccccc2C)cc1. The van der Waals surface area contributed by atoms with Crippen LogP contribution in [0.25, 0.3) is 0 Å². The first-order chi connectivity index (χ1) is 15.7. The summed E-state index contributed by atoms with van der Waals surface area (Å²) in [5, 5.41) is 3.99. The normalized spacial score (nSPS) is 11.4. The smallest absolute Gasteiger partial charge is 0.264 e. The van der Waals surface area contributed by atoms with E-state index >= 15 is 0 Å². The molecular weight excluding hydrogens is 436 g/mol. The van der Waals surface area contributed by atoms with Crippen LogP contribution >= 0.6 is 0 Å². The monoisotopic (exact) mass is 464 g/mol. The molecule has 0 bridgehead atoms. The first kappa shape index (κ1) is 24.0. The van der Waals surface area contributed by atoms with E-state index < -0.39 is 22.5 Å². The van der Waals surface area contributed by atoms with Gasteiger partial charge in [0.1, 0.15) is 6.54 Å². The molecule has 172 valence electrons. The van der Waals surface area contributed by atoms with Crippen molar-refractivity contribution in [2.75, 3.05) is 29.8 Å². The molecule has 3 aromatic rings. The number of benzene rings is 3. The zero-order valence-electron chi connectivity index (χ0n) is 19.2. The summed E-state index contributed by atoms with van der Waals surface area (Å²) in [6.45, 7) is 3.29. The fourth-order valence-corrected chi connectivity index (χ4v) is 4.67. The van der Waals surface area contributed by atoms with Gasteiger partial charge in [-0.15, -0.1) is 0 Å². The molecule has 0 unspecified atom stereocenters. The van der Waals surface area contributed by atoms with E-state index in [1.165, 1.54) is 6.21 Å². The fourth-order valence-electron chi connectivity index (χ4n) is 3.18. The predicted molar refractivity (Wildman–Crippen MR) is 133 cm³/mol. The van der Waals surface area contributed by atoms with Gasteiger partial charge in [0, 0.05) is 19.8 Å². The Morgan fingerprint density at radius 1 is 0.939 bits per heavy atom. The highest BCUT2D eigenvalue weighted by Gasteiger charge is 2.28. The van der Waals surface area contributed by atoms with Gasteiger partial charge in [0.25, 0.3) is 15.9 Å². The molecular formula is C25H28N4O3S. The van der Waals surface area contributed by atoms with Crippen molar-refractivity contribution in [1.82, 2.24) is 5.43 Å². The van der Waals surface area contributed by atoms with Crippen molar-refractivity contribution in [2.45, 2.75) is 18.7 Å². The third kappa shape index (κ3) is 5.98. The van der Waals surface area contributed by atoms with Crippen molar-refractivity contribution < 1.29 is 13.2 Å². The predicted octanol–water partition coefficient (Wildman–Crippen LogP) is 3.72. The molecule has 3 rings (SSSR count). The van der Waals surface area contributed by atoms with Gasteiger partial charge in [-0.1, -0.05) is 48.0 Å². The summed E-state index contributed by atoms with van der Waals surface area (Å²) in [6, 6.07) is 21.3. The van der Waals surface area contributed by atoms with Crippen LogP contribution in [0.2, 0.25) is 0 Å². The highest BCUT2D eigenvalue weighted by atomic mass is 32.2. The third-order valence-electron chi connectivity index (χ3n) is 5.09. The van der Waals surface area contributed by atoms with Crippen LogP contribution in [0, 0.1) is 13.8 Å². The van der Waals surface area contributed by atoms with Crippen LogP contribution in [0.5, 0.6) is 0 Å². The maximum absolute atomic E-state index is 13.4. The first-order valence-corrected chi connectivity index (χ1v) is 11.9. The van der Waals surface area contributed by atoms with Gasteiger partial charge in [-0.3, -0.25) is 9.10 Å². The zero-order chi connectivity index (χ0) is 24.0. The Bertz CT molecular complexity index is 1240. The highest BCUT2D eigenvalue weighted by Crippen LogP contribution is 2.26. The average Bonchev–Trinajstić information content (AvgIpc) is 2.78. The maximum Gasteiger partial charge on any atom is 0.264 e. The number of rotatable bonds is 8. The van der Waals surface area contributed by atoms with E-state index in [1.807, 2.05) is 56.3 Å². The molecule has 0 aliphatic carbocycles. The average molecular weight is 465 g/mol. The highest BCUT2D eigenvalue weighted by molar-refractivity contribution is 7.92. The van der Waals surface area contributed by atoms with Gasteiger partial charge in [0.05, 0.1) is 16.8 Å². The second-order valence-electron chi connectivity index (χ2n) is 7.89. The number of hydrogen-bond acceptors (Lipinski definition) is 5. The summed E-state index contributed by atoms with van der Waals surface area (Å²) in [4.78, 5) is 14.8. The second-order valence-corrected chi connectivity index (χ2v) is 9.75. The molecule has 0 aromatic heterocycles. The molecule has 3 aromatic carbocycles. The van der Waals surface area contributed by atoms with E-state index in [0.29, 0.717) is 5.69 Å². The zero-order valence-corrected chi connectivity index (χ0v) is 20.0. The topological polar surface area (TPSA) is 82.1 Å². The Hall–Kier alpha value is -3.65. The van der Waals surface area contributed by atoms with Crippen molar-refractivity contribution >= 4 is 33.5 Å². The van der Waals surface area contributed by atoms with Gasteiger partial charge in [-0.2, -0.15) is 5.10 Å². The molecule has 1 N–H and O–H groups in total. The molecule has 0 saturated carbocycles. The molecule has 8 heteroatoms. The molecule has 0 spiro atoms. The lowest BCUT2D eigenvalue weighted by Crippen LogP contribution is -2.40. The molecule has 0 saturated heterocycles. The Morgan fingerprint density at radius 2 is 1.58 bits per heavy atom. The summed E-state index contributed by atoms with van der Waals surface area (Å²) in [5.41, 5.74) is 6.42.